The van der Waals surface area contributed by atoms with E-state index in [4.69, 9.17) is 0 Å². The lowest BCUT2D eigenvalue weighted by Gasteiger charge is -2.27. The molecule has 4 nitrogen and oxygen atoms in total. The van der Waals surface area contributed by atoms with Crippen LogP contribution in [0.2, 0.25) is 0 Å². The van der Waals surface area contributed by atoms with Crippen molar-refractivity contribution in [2.75, 3.05) is 5.32 Å². The number of aryl methyl sites for hydroxylation is 2. The van der Waals surface area contributed by atoms with E-state index < -0.39 is 23.2 Å². The summed E-state index contributed by atoms with van der Waals surface area (Å²) in [6.07, 6.45) is 1.58. The molecule has 0 aromatic heterocycles. The van der Waals surface area contributed by atoms with E-state index in [1.165, 1.54) is 0 Å². The number of rotatable bonds is 5. The number of carbonyl (C=O) groups excluding carboxylic acids is 1. The van der Waals surface area contributed by atoms with Crippen LogP contribution in [0.15, 0.2) is 18.2 Å². The minimum Gasteiger partial charge on any atom is -0.481 e. The molecular formula is C17H25NO3. The Morgan fingerprint density at radius 1 is 1.14 bits per heavy atom. The third kappa shape index (κ3) is 4.06. The van der Waals surface area contributed by atoms with E-state index in [1.807, 2.05) is 32.0 Å². The van der Waals surface area contributed by atoms with Crippen molar-refractivity contribution in [1.29, 1.82) is 0 Å². The minimum atomic E-state index is -1.09. The van der Waals surface area contributed by atoms with Crippen molar-refractivity contribution in [2.45, 2.75) is 47.5 Å². The Balaban J connectivity index is 3.15. The topological polar surface area (TPSA) is 66.4 Å². The van der Waals surface area contributed by atoms with E-state index in [0.29, 0.717) is 0 Å². The molecule has 1 unspecified atom stereocenters. The highest BCUT2D eigenvalue weighted by Gasteiger charge is 2.38. The fourth-order valence-corrected chi connectivity index (χ4v) is 2.47. The van der Waals surface area contributed by atoms with Crippen LogP contribution in [0.4, 0.5) is 5.69 Å². The Morgan fingerprint density at radius 2 is 1.62 bits per heavy atom. The smallest absolute Gasteiger partial charge is 0.316 e. The number of hydrogen-bond acceptors (Lipinski definition) is 2. The number of carboxylic acids is 1. The molecular weight excluding hydrogens is 266 g/mol. The van der Waals surface area contributed by atoms with Crippen molar-refractivity contribution < 1.29 is 14.7 Å². The highest BCUT2D eigenvalue weighted by molar-refractivity contribution is 6.05. The van der Waals surface area contributed by atoms with Gasteiger partial charge >= 0.3 is 5.97 Å². The summed E-state index contributed by atoms with van der Waals surface area (Å²) in [4.78, 5) is 23.9. The number of nitrogens with one attached hydrogen (secondary N) is 1. The molecule has 0 aliphatic carbocycles. The number of anilines is 1. The molecule has 0 saturated heterocycles. The molecule has 1 aromatic carbocycles. The summed E-state index contributed by atoms with van der Waals surface area (Å²) >= 11 is 0. The summed E-state index contributed by atoms with van der Waals surface area (Å²) in [6.45, 7) is 9.32. The maximum atomic E-state index is 12.4. The number of amides is 1. The zero-order valence-electron chi connectivity index (χ0n) is 13.5. The number of carboxylic acid groups (broad SMARTS) is 1. The normalized spacial score (nSPS) is 12.8. The van der Waals surface area contributed by atoms with Crippen molar-refractivity contribution in [1.82, 2.24) is 0 Å². The van der Waals surface area contributed by atoms with Crippen molar-refractivity contribution in [3.05, 3.63) is 29.3 Å². The van der Waals surface area contributed by atoms with Crippen LogP contribution in [-0.4, -0.2) is 17.0 Å². The molecule has 0 aliphatic rings. The first-order chi connectivity index (χ1) is 9.72. The van der Waals surface area contributed by atoms with E-state index >= 15 is 0 Å². The number of carbonyl (C=O) groups is 2. The molecule has 0 fully saturated rings. The van der Waals surface area contributed by atoms with Gasteiger partial charge in [0.25, 0.3) is 0 Å². The summed E-state index contributed by atoms with van der Waals surface area (Å²) < 4.78 is 0. The van der Waals surface area contributed by atoms with Gasteiger partial charge in [0.15, 0.2) is 0 Å². The predicted octanol–water partition coefficient (Wildman–Crippen LogP) is 3.50. The average molecular weight is 291 g/mol. The van der Waals surface area contributed by atoms with Gasteiger partial charge < -0.3 is 10.4 Å². The fraction of sp³-hybridized carbons (Fsp3) is 0.529. The van der Waals surface area contributed by atoms with Crippen LogP contribution in [0.5, 0.6) is 0 Å². The van der Waals surface area contributed by atoms with Gasteiger partial charge in [-0.15, -0.1) is 0 Å². The van der Waals surface area contributed by atoms with Crippen molar-refractivity contribution in [2.24, 2.45) is 11.3 Å². The summed E-state index contributed by atoms with van der Waals surface area (Å²) in [7, 11) is 0. The Morgan fingerprint density at radius 3 is 1.95 bits per heavy atom. The number of hydrogen-bond donors (Lipinski definition) is 2. The zero-order chi connectivity index (χ0) is 16.2. The lowest BCUT2D eigenvalue weighted by molar-refractivity contribution is -0.149. The molecule has 0 radical (unpaired) electrons. The second-order valence-electron chi connectivity index (χ2n) is 6.28. The fourth-order valence-electron chi connectivity index (χ4n) is 2.47. The maximum absolute atomic E-state index is 12.4. The number of para-hydroxylation sites is 1. The van der Waals surface area contributed by atoms with E-state index in [9.17, 15) is 14.7 Å². The van der Waals surface area contributed by atoms with Crippen LogP contribution < -0.4 is 5.32 Å². The molecule has 0 bridgehead atoms. The van der Waals surface area contributed by atoms with Crippen LogP contribution in [0, 0.1) is 11.3 Å². The van der Waals surface area contributed by atoms with Gasteiger partial charge in [-0.2, -0.15) is 0 Å². The molecule has 1 atom stereocenters. The summed E-state index contributed by atoms with van der Waals surface area (Å²) in [5, 5.41) is 12.2. The van der Waals surface area contributed by atoms with Gasteiger partial charge in [-0.3, -0.25) is 9.59 Å². The zero-order valence-corrected chi connectivity index (χ0v) is 13.5. The second kappa shape index (κ2) is 6.74. The molecule has 0 heterocycles. The Bertz CT molecular complexity index is 507. The minimum absolute atomic E-state index is 0.453. The lowest BCUT2D eigenvalue weighted by atomic mass is 9.80. The summed E-state index contributed by atoms with van der Waals surface area (Å²) in [6, 6.07) is 5.88. The Kier molecular flexibility index (Phi) is 5.53. The predicted molar refractivity (Wildman–Crippen MR) is 84.4 cm³/mol. The molecule has 1 amide bonds. The van der Waals surface area contributed by atoms with Gasteiger partial charge in [0.05, 0.1) is 0 Å². The highest BCUT2D eigenvalue weighted by atomic mass is 16.4. The van der Waals surface area contributed by atoms with E-state index in [2.05, 4.69) is 5.32 Å². The molecule has 21 heavy (non-hydrogen) atoms. The largest absolute Gasteiger partial charge is 0.481 e. The first kappa shape index (κ1) is 17.2. The molecule has 0 saturated carbocycles. The SMILES string of the molecule is CCc1cccc(CC)c1NC(=O)C(C(=O)O)C(C)(C)C. The Labute approximate surface area is 126 Å². The highest BCUT2D eigenvalue weighted by Crippen LogP contribution is 2.29. The van der Waals surface area contributed by atoms with Gasteiger partial charge in [0.2, 0.25) is 5.91 Å². The van der Waals surface area contributed by atoms with Gasteiger partial charge in [-0.25, -0.2) is 0 Å². The van der Waals surface area contributed by atoms with Crippen LogP contribution in [0.1, 0.15) is 45.7 Å². The standard InChI is InChI=1S/C17H25NO3/c1-6-11-9-8-10-12(7-2)14(11)18-15(19)13(16(20)21)17(3,4)5/h8-10,13H,6-7H2,1-5H3,(H,18,19)(H,20,21). The monoisotopic (exact) mass is 291 g/mol. The molecule has 1 aromatic rings. The third-order valence-electron chi connectivity index (χ3n) is 3.62. The first-order valence-corrected chi connectivity index (χ1v) is 7.36. The van der Waals surface area contributed by atoms with Crippen molar-refractivity contribution >= 4 is 17.6 Å². The van der Waals surface area contributed by atoms with E-state index in [1.54, 1.807) is 20.8 Å². The quantitative estimate of drug-likeness (QED) is 0.816. The van der Waals surface area contributed by atoms with Crippen LogP contribution in [-0.2, 0) is 22.4 Å². The summed E-state index contributed by atoms with van der Waals surface area (Å²) in [5.41, 5.74) is 2.19. The molecule has 0 aliphatic heterocycles. The summed E-state index contributed by atoms with van der Waals surface area (Å²) in [5.74, 6) is -2.62. The van der Waals surface area contributed by atoms with Crippen molar-refractivity contribution in [3.63, 3.8) is 0 Å². The first-order valence-electron chi connectivity index (χ1n) is 7.36. The molecule has 2 N–H and O–H groups in total. The Hall–Kier alpha value is -1.84. The number of benzene rings is 1. The van der Waals surface area contributed by atoms with Crippen LogP contribution in [0.3, 0.4) is 0 Å². The van der Waals surface area contributed by atoms with Gasteiger partial charge in [0.1, 0.15) is 5.92 Å². The number of aliphatic carboxylic acids is 1. The average Bonchev–Trinajstić information content (AvgIpc) is 2.36. The van der Waals surface area contributed by atoms with Crippen LogP contribution in [0.25, 0.3) is 0 Å². The maximum Gasteiger partial charge on any atom is 0.316 e. The molecule has 116 valence electrons. The van der Waals surface area contributed by atoms with Gasteiger partial charge in [-0.05, 0) is 29.4 Å². The van der Waals surface area contributed by atoms with Gasteiger partial charge in [-0.1, -0.05) is 52.8 Å². The lowest BCUT2D eigenvalue weighted by Crippen LogP contribution is -2.39. The van der Waals surface area contributed by atoms with E-state index in [-0.39, 0.29) is 0 Å². The van der Waals surface area contributed by atoms with Crippen molar-refractivity contribution in [3.8, 4) is 0 Å². The second-order valence-corrected chi connectivity index (χ2v) is 6.28. The third-order valence-corrected chi connectivity index (χ3v) is 3.62. The molecule has 1 rings (SSSR count). The molecule has 4 heteroatoms. The van der Waals surface area contributed by atoms with E-state index in [0.717, 1.165) is 29.7 Å². The molecule has 0 spiro atoms. The van der Waals surface area contributed by atoms with Gasteiger partial charge in [0, 0.05) is 5.69 Å². The van der Waals surface area contributed by atoms with Crippen LogP contribution >= 0.6 is 0 Å².